The fourth-order valence-electron chi connectivity index (χ4n) is 1.78. The molecule has 0 unspecified atom stereocenters. The predicted molar refractivity (Wildman–Crippen MR) is 42.6 cm³/mol. The summed E-state index contributed by atoms with van der Waals surface area (Å²) in [6, 6.07) is 0. The minimum Gasteiger partial charge on any atom is -0.262 e. The number of hydrogen-bond donors (Lipinski definition) is 1. The van der Waals surface area contributed by atoms with E-state index in [-0.39, 0.29) is 5.92 Å². The number of hydrogen-bond acceptors (Lipinski definition) is 2. The molecule has 0 aliphatic heterocycles. The van der Waals surface area contributed by atoms with Crippen LogP contribution in [0.3, 0.4) is 0 Å². The van der Waals surface area contributed by atoms with Crippen molar-refractivity contribution in [3.63, 3.8) is 0 Å². The molecule has 1 heterocycles. The van der Waals surface area contributed by atoms with Crippen LogP contribution in [0.15, 0.2) is 0 Å². The van der Waals surface area contributed by atoms with Crippen LogP contribution in [-0.4, -0.2) is 15.2 Å². The van der Waals surface area contributed by atoms with Crippen LogP contribution in [0.4, 0.5) is 13.2 Å². The maximum Gasteiger partial charge on any atom is 0.453 e. The van der Waals surface area contributed by atoms with Gasteiger partial charge in [-0.3, -0.25) is 5.10 Å². The summed E-state index contributed by atoms with van der Waals surface area (Å²) < 4.78 is 36.4. The standard InChI is InChI=1S/C8H10F3N3/c9-8(10,11)7-12-6(13-14-7)5-3-1-2-4-5/h5H,1-4H2,(H,12,13,14). The first kappa shape index (κ1) is 9.48. The molecule has 1 aliphatic carbocycles. The van der Waals surface area contributed by atoms with Gasteiger partial charge >= 0.3 is 6.18 Å². The third-order valence-corrected chi connectivity index (χ3v) is 2.50. The molecule has 6 heteroatoms. The van der Waals surface area contributed by atoms with Crippen LogP contribution in [0.5, 0.6) is 0 Å². The molecule has 78 valence electrons. The highest BCUT2D eigenvalue weighted by Crippen LogP contribution is 2.33. The quantitative estimate of drug-likeness (QED) is 0.765. The molecule has 0 radical (unpaired) electrons. The second-order valence-electron chi connectivity index (χ2n) is 3.52. The Balaban J connectivity index is 2.17. The predicted octanol–water partition coefficient (Wildman–Crippen LogP) is 2.48. The number of halogens is 3. The van der Waals surface area contributed by atoms with Gasteiger partial charge in [-0.05, 0) is 12.8 Å². The Kier molecular flexibility index (Phi) is 2.20. The third kappa shape index (κ3) is 1.73. The summed E-state index contributed by atoms with van der Waals surface area (Å²) >= 11 is 0. The van der Waals surface area contributed by atoms with E-state index in [1.807, 2.05) is 0 Å². The van der Waals surface area contributed by atoms with Gasteiger partial charge in [0.25, 0.3) is 5.82 Å². The number of H-pyrrole nitrogens is 1. The van der Waals surface area contributed by atoms with E-state index in [0.717, 1.165) is 25.7 Å². The van der Waals surface area contributed by atoms with Crippen molar-refractivity contribution in [2.45, 2.75) is 37.8 Å². The van der Waals surface area contributed by atoms with E-state index in [0.29, 0.717) is 5.82 Å². The molecule has 1 aromatic rings. The molecule has 1 N–H and O–H groups in total. The van der Waals surface area contributed by atoms with Crippen LogP contribution in [0.25, 0.3) is 0 Å². The number of aromatic amines is 1. The summed E-state index contributed by atoms with van der Waals surface area (Å²) in [5, 5.41) is 5.54. The maximum absolute atomic E-state index is 12.1. The minimum atomic E-state index is -4.44. The zero-order chi connectivity index (χ0) is 10.2. The maximum atomic E-state index is 12.1. The third-order valence-electron chi connectivity index (χ3n) is 2.50. The lowest BCUT2D eigenvalue weighted by Gasteiger charge is -2.02. The van der Waals surface area contributed by atoms with Crippen LogP contribution < -0.4 is 0 Å². The lowest BCUT2D eigenvalue weighted by molar-refractivity contribution is -0.144. The van der Waals surface area contributed by atoms with E-state index < -0.39 is 12.0 Å². The van der Waals surface area contributed by atoms with E-state index in [4.69, 9.17) is 0 Å². The van der Waals surface area contributed by atoms with Crippen molar-refractivity contribution >= 4 is 0 Å². The molecular weight excluding hydrogens is 195 g/mol. The van der Waals surface area contributed by atoms with Gasteiger partial charge in [-0.1, -0.05) is 12.8 Å². The number of alkyl halides is 3. The van der Waals surface area contributed by atoms with Crippen molar-refractivity contribution in [1.82, 2.24) is 15.2 Å². The van der Waals surface area contributed by atoms with Crippen molar-refractivity contribution in [3.8, 4) is 0 Å². The summed E-state index contributed by atoms with van der Waals surface area (Å²) in [6.07, 6.45) is -0.494. The lowest BCUT2D eigenvalue weighted by Crippen LogP contribution is -2.07. The highest BCUT2D eigenvalue weighted by atomic mass is 19.4. The van der Waals surface area contributed by atoms with Gasteiger partial charge in [0.1, 0.15) is 5.82 Å². The van der Waals surface area contributed by atoms with Crippen molar-refractivity contribution in [2.24, 2.45) is 0 Å². The van der Waals surface area contributed by atoms with Crippen molar-refractivity contribution < 1.29 is 13.2 Å². The first-order chi connectivity index (χ1) is 6.57. The van der Waals surface area contributed by atoms with Gasteiger partial charge < -0.3 is 0 Å². The molecule has 0 spiro atoms. The molecule has 3 nitrogen and oxygen atoms in total. The zero-order valence-electron chi connectivity index (χ0n) is 7.43. The monoisotopic (exact) mass is 205 g/mol. The van der Waals surface area contributed by atoms with E-state index >= 15 is 0 Å². The lowest BCUT2D eigenvalue weighted by atomic mass is 10.1. The SMILES string of the molecule is FC(F)(F)c1n[nH]c(C2CCCC2)n1. The van der Waals surface area contributed by atoms with E-state index in [1.54, 1.807) is 0 Å². The molecule has 0 amide bonds. The summed E-state index contributed by atoms with van der Waals surface area (Å²) in [7, 11) is 0. The largest absolute Gasteiger partial charge is 0.453 e. The smallest absolute Gasteiger partial charge is 0.262 e. The zero-order valence-corrected chi connectivity index (χ0v) is 7.43. The molecule has 1 saturated carbocycles. The van der Waals surface area contributed by atoms with Crippen molar-refractivity contribution in [3.05, 3.63) is 11.6 Å². The normalized spacial score (nSPS) is 19.1. The Labute approximate surface area is 78.7 Å². The number of rotatable bonds is 1. The Morgan fingerprint density at radius 2 is 1.86 bits per heavy atom. The van der Waals surface area contributed by atoms with Gasteiger partial charge in [-0.15, -0.1) is 5.10 Å². The van der Waals surface area contributed by atoms with Crippen LogP contribution >= 0.6 is 0 Å². The Hall–Kier alpha value is -1.07. The number of nitrogens with zero attached hydrogens (tertiary/aromatic N) is 2. The Morgan fingerprint density at radius 1 is 1.21 bits per heavy atom. The Bertz CT molecular complexity index is 312. The van der Waals surface area contributed by atoms with Gasteiger partial charge in [-0.2, -0.15) is 13.2 Å². The Morgan fingerprint density at radius 3 is 2.36 bits per heavy atom. The molecule has 0 aromatic carbocycles. The van der Waals surface area contributed by atoms with Crippen molar-refractivity contribution in [1.29, 1.82) is 0 Å². The molecule has 0 atom stereocenters. The minimum absolute atomic E-state index is 0.138. The molecule has 1 aliphatic rings. The number of nitrogens with one attached hydrogen (secondary N) is 1. The molecule has 2 rings (SSSR count). The van der Waals surface area contributed by atoms with Gasteiger partial charge in [0.15, 0.2) is 0 Å². The summed E-state index contributed by atoms with van der Waals surface area (Å²) in [4.78, 5) is 3.47. The van der Waals surface area contributed by atoms with E-state index in [2.05, 4.69) is 15.2 Å². The second-order valence-corrected chi connectivity index (χ2v) is 3.52. The van der Waals surface area contributed by atoms with Crippen LogP contribution in [0.1, 0.15) is 43.3 Å². The van der Waals surface area contributed by atoms with Gasteiger partial charge in [-0.25, -0.2) is 4.98 Å². The highest BCUT2D eigenvalue weighted by molar-refractivity contribution is 5.01. The second kappa shape index (κ2) is 3.25. The number of aromatic nitrogens is 3. The van der Waals surface area contributed by atoms with E-state index in [1.165, 1.54) is 0 Å². The highest BCUT2D eigenvalue weighted by Gasteiger charge is 2.36. The average molecular weight is 205 g/mol. The topological polar surface area (TPSA) is 41.6 Å². The summed E-state index contributed by atoms with van der Waals surface area (Å²) in [6.45, 7) is 0. The van der Waals surface area contributed by atoms with Crippen LogP contribution in [0.2, 0.25) is 0 Å². The molecule has 1 fully saturated rings. The van der Waals surface area contributed by atoms with Crippen LogP contribution in [-0.2, 0) is 6.18 Å². The fraction of sp³-hybridized carbons (Fsp3) is 0.750. The summed E-state index contributed by atoms with van der Waals surface area (Å²) in [5.41, 5.74) is 0. The van der Waals surface area contributed by atoms with Gasteiger partial charge in [0, 0.05) is 5.92 Å². The summed E-state index contributed by atoms with van der Waals surface area (Å²) in [5.74, 6) is -0.534. The fourth-order valence-corrected chi connectivity index (χ4v) is 1.78. The molecule has 0 bridgehead atoms. The molecule has 1 aromatic heterocycles. The molecule has 14 heavy (non-hydrogen) atoms. The first-order valence-electron chi connectivity index (χ1n) is 4.57. The molecule has 0 saturated heterocycles. The van der Waals surface area contributed by atoms with Gasteiger partial charge in [0.2, 0.25) is 0 Å². The molecular formula is C8H10F3N3. The van der Waals surface area contributed by atoms with Crippen molar-refractivity contribution in [2.75, 3.05) is 0 Å². The van der Waals surface area contributed by atoms with E-state index in [9.17, 15) is 13.2 Å². The van der Waals surface area contributed by atoms with Gasteiger partial charge in [0.05, 0.1) is 0 Å². The van der Waals surface area contributed by atoms with Crippen LogP contribution in [0, 0.1) is 0 Å². The average Bonchev–Trinajstić information content (AvgIpc) is 2.73. The first-order valence-corrected chi connectivity index (χ1v) is 4.57.